The minimum atomic E-state index is -0.177. The monoisotopic (exact) mass is 217 g/mol. The van der Waals surface area contributed by atoms with E-state index in [2.05, 4.69) is 0 Å². The molecular formula is C10H20NO2P. The summed E-state index contributed by atoms with van der Waals surface area (Å²) in [4.78, 5) is 0. The van der Waals surface area contributed by atoms with Crippen molar-refractivity contribution in [1.82, 2.24) is 0 Å². The van der Waals surface area contributed by atoms with Gasteiger partial charge in [0, 0.05) is 0 Å². The van der Waals surface area contributed by atoms with E-state index >= 15 is 0 Å². The molecule has 1 aliphatic rings. The van der Waals surface area contributed by atoms with E-state index in [0.717, 1.165) is 12.8 Å². The average Bonchev–Trinajstić information content (AvgIpc) is 2.25. The van der Waals surface area contributed by atoms with Crippen LogP contribution in [0.3, 0.4) is 0 Å². The van der Waals surface area contributed by atoms with Crippen molar-refractivity contribution in [3.8, 4) is 0 Å². The summed E-state index contributed by atoms with van der Waals surface area (Å²) in [7, 11) is -0.177. The molecule has 1 fully saturated rings. The van der Waals surface area contributed by atoms with Crippen LogP contribution in [0.4, 0.5) is 0 Å². The van der Waals surface area contributed by atoms with Gasteiger partial charge in [-0.25, -0.2) is 4.57 Å². The average molecular weight is 217 g/mol. The van der Waals surface area contributed by atoms with Crippen LogP contribution in [-0.2, 0) is 9.09 Å². The predicted octanol–water partition coefficient (Wildman–Crippen LogP) is 2.90. The quantitative estimate of drug-likeness (QED) is 0.696. The molecule has 0 spiro atoms. The highest BCUT2D eigenvalue weighted by molar-refractivity contribution is 7.17. The lowest BCUT2D eigenvalue weighted by molar-refractivity contribution is 0.111. The van der Waals surface area contributed by atoms with Gasteiger partial charge in [0.1, 0.15) is 0 Å². The van der Waals surface area contributed by atoms with Gasteiger partial charge in [0.15, 0.2) is 0 Å². The number of rotatable bonds is 6. The maximum absolute atomic E-state index is 10.5. The summed E-state index contributed by atoms with van der Waals surface area (Å²) in [5.74, 6) is 0.608. The minimum Gasteiger partial charge on any atom is -0.330 e. The van der Waals surface area contributed by atoms with E-state index < -0.39 is 0 Å². The Morgan fingerprint density at radius 2 is 2.07 bits per heavy atom. The Morgan fingerprint density at radius 1 is 1.36 bits per heavy atom. The van der Waals surface area contributed by atoms with E-state index in [-0.39, 0.29) is 14.8 Å². The van der Waals surface area contributed by atoms with Crippen molar-refractivity contribution in [3.05, 3.63) is 0 Å². The fraction of sp³-hybridized carbons (Fsp3) is 1.00. The van der Waals surface area contributed by atoms with Crippen LogP contribution in [-0.4, -0.2) is 12.6 Å². The Balaban J connectivity index is 2.34. The summed E-state index contributed by atoms with van der Waals surface area (Å²) in [5, 5.41) is 0. The van der Waals surface area contributed by atoms with Crippen LogP contribution in [0.2, 0.25) is 0 Å². The Kier molecular flexibility index (Phi) is 6.33. The van der Waals surface area contributed by atoms with Crippen LogP contribution >= 0.6 is 8.69 Å². The maximum Gasteiger partial charge on any atom is 0.327 e. The molecule has 0 aromatic rings. The van der Waals surface area contributed by atoms with Gasteiger partial charge < -0.3 is 5.73 Å². The fourth-order valence-corrected chi connectivity index (χ4v) is 2.64. The van der Waals surface area contributed by atoms with Crippen molar-refractivity contribution in [1.29, 1.82) is 0 Å². The van der Waals surface area contributed by atoms with Crippen molar-refractivity contribution >= 4 is 8.69 Å². The Morgan fingerprint density at radius 3 is 2.64 bits per heavy atom. The SMILES string of the molecule is NCCCC(OP=O)C1CCCCC1. The number of hydrogen-bond acceptors (Lipinski definition) is 3. The molecule has 0 radical (unpaired) electrons. The molecule has 0 heterocycles. The first kappa shape index (κ1) is 12.1. The van der Waals surface area contributed by atoms with Gasteiger partial charge in [0.05, 0.1) is 6.10 Å². The second kappa shape index (κ2) is 7.33. The van der Waals surface area contributed by atoms with Gasteiger partial charge in [0.25, 0.3) is 0 Å². The lowest BCUT2D eigenvalue weighted by atomic mass is 9.84. The molecule has 0 aromatic heterocycles. The summed E-state index contributed by atoms with van der Waals surface area (Å²) < 4.78 is 15.7. The van der Waals surface area contributed by atoms with Crippen molar-refractivity contribution in [2.24, 2.45) is 11.7 Å². The van der Waals surface area contributed by atoms with E-state index in [1.807, 2.05) is 0 Å². The minimum absolute atomic E-state index is 0.165. The molecule has 3 nitrogen and oxygen atoms in total. The summed E-state index contributed by atoms with van der Waals surface area (Å²) in [5.41, 5.74) is 5.47. The first-order valence-corrected chi connectivity index (χ1v) is 6.30. The first-order valence-electron chi connectivity index (χ1n) is 5.57. The third kappa shape index (κ3) is 4.04. The largest absolute Gasteiger partial charge is 0.330 e. The summed E-state index contributed by atoms with van der Waals surface area (Å²) in [6.07, 6.45) is 8.47. The van der Waals surface area contributed by atoms with Gasteiger partial charge in [-0.2, -0.15) is 0 Å². The zero-order valence-electron chi connectivity index (χ0n) is 8.65. The molecule has 0 aliphatic heterocycles. The highest BCUT2D eigenvalue weighted by atomic mass is 31.1. The van der Waals surface area contributed by atoms with Crippen molar-refractivity contribution in [2.75, 3.05) is 6.54 Å². The Hall–Kier alpha value is 0.0200. The summed E-state index contributed by atoms with van der Waals surface area (Å²) in [6.45, 7) is 0.697. The third-order valence-electron chi connectivity index (χ3n) is 3.05. The molecule has 4 heteroatoms. The van der Waals surface area contributed by atoms with Gasteiger partial charge in [-0.15, -0.1) is 0 Å². The molecule has 0 aromatic carbocycles. The molecule has 1 aliphatic carbocycles. The van der Waals surface area contributed by atoms with Gasteiger partial charge in [-0.3, -0.25) is 4.52 Å². The Bertz CT molecular complexity index is 160. The van der Waals surface area contributed by atoms with Crippen molar-refractivity contribution in [3.63, 3.8) is 0 Å². The van der Waals surface area contributed by atoms with Crippen LogP contribution in [0.25, 0.3) is 0 Å². The smallest absolute Gasteiger partial charge is 0.327 e. The summed E-state index contributed by atoms with van der Waals surface area (Å²) in [6, 6.07) is 0. The fourth-order valence-electron chi connectivity index (χ4n) is 2.25. The standard InChI is InChI=1S/C10H20NO2P/c11-8-4-7-10(13-14-12)9-5-2-1-3-6-9/h9-10H,1-8,11H2. The molecule has 0 saturated heterocycles. The molecule has 1 atom stereocenters. The molecule has 2 N–H and O–H groups in total. The lowest BCUT2D eigenvalue weighted by Crippen LogP contribution is -2.24. The van der Waals surface area contributed by atoms with Gasteiger partial charge >= 0.3 is 8.69 Å². The zero-order chi connectivity index (χ0) is 10.2. The van der Waals surface area contributed by atoms with E-state index in [4.69, 9.17) is 10.3 Å². The second-order valence-corrected chi connectivity index (χ2v) is 4.41. The molecule has 0 bridgehead atoms. The normalized spacial score (nSPS) is 21.2. The third-order valence-corrected chi connectivity index (χ3v) is 3.40. The molecular weight excluding hydrogens is 197 g/mol. The van der Waals surface area contributed by atoms with Crippen molar-refractivity contribution in [2.45, 2.75) is 51.0 Å². The van der Waals surface area contributed by atoms with Crippen LogP contribution in [0.5, 0.6) is 0 Å². The van der Waals surface area contributed by atoms with Crippen molar-refractivity contribution < 1.29 is 9.09 Å². The van der Waals surface area contributed by atoms with Gasteiger partial charge in [-0.05, 0) is 38.1 Å². The number of nitrogens with two attached hydrogens (primary N) is 1. The highest BCUT2D eigenvalue weighted by Gasteiger charge is 2.24. The van der Waals surface area contributed by atoms with Gasteiger partial charge in [0.2, 0.25) is 0 Å². The zero-order valence-corrected chi connectivity index (χ0v) is 9.55. The Labute approximate surface area is 87.7 Å². The van der Waals surface area contributed by atoms with E-state index in [9.17, 15) is 4.57 Å². The molecule has 1 rings (SSSR count). The van der Waals surface area contributed by atoms with Gasteiger partial charge in [-0.1, -0.05) is 19.3 Å². The lowest BCUT2D eigenvalue weighted by Gasteiger charge is -2.28. The molecule has 1 unspecified atom stereocenters. The predicted molar refractivity (Wildman–Crippen MR) is 57.3 cm³/mol. The second-order valence-electron chi connectivity index (χ2n) is 4.05. The maximum atomic E-state index is 10.5. The topological polar surface area (TPSA) is 52.3 Å². The van der Waals surface area contributed by atoms with Crippen LogP contribution in [0.1, 0.15) is 44.9 Å². The molecule has 1 saturated carbocycles. The molecule has 0 amide bonds. The van der Waals surface area contributed by atoms with Crippen LogP contribution in [0, 0.1) is 5.92 Å². The van der Waals surface area contributed by atoms with Crippen LogP contribution < -0.4 is 5.73 Å². The van der Waals surface area contributed by atoms with Crippen LogP contribution in [0.15, 0.2) is 0 Å². The van der Waals surface area contributed by atoms with E-state index in [1.54, 1.807) is 0 Å². The summed E-state index contributed by atoms with van der Waals surface area (Å²) >= 11 is 0. The molecule has 14 heavy (non-hydrogen) atoms. The first-order chi connectivity index (χ1) is 6.88. The molecule has 82 valence electrons. The van der Waals surface area contributed by atoms with E-state index in [1.165, 1.54) is 32.1 Å². The number of hydrogen-bond donors (Lipinski definition) is 1. The van der Waals surface area contributed by atoms with E-state index in [0.29, 0.717) is 12.5 Å². The highest BCUT2D eigenvalue weighted by Crippen LogP contribution is 2.31.